The van der Waals surface area contributed by atoms with Crippen molar-refractivity contribution in [3.63, 3.8) is 0 Å². The Morgan fingerprint density at radius 3 is 2.50 bits per heavy atom. The summed E-state index contributed by atoms with van der Waals surface area (Å²) in [5.41, 5.74) is 1.63. The molecule has 0 aromatic carbocycles. The van der Waals surface area contributed by atoms with E-state index in [2.05, 4.69) is 25.2 Å². The van der Waals surface area contributed by atoms with Crippen LogP contribution < -0.4 is 0 Å². The molecule has 4 heteroatoms. The maximum Gasteiger partial charge on any atom is 0.306 e. The first-order chi connectivity index (χ1) is 12.6. The zero-order chi connectivity index (χ0) is 18.8. The molecule has 0 aromatic heterocycles. The monoisotopic (exact) mass is 366 g/mol. The number of allylic oxidation sites excluding steroid dienone is 5. The van der Waals surface area contributed by atoms with E-state index in [-0.39, 0.29) is 24.9 Å². The van der Waals surface area contributed by atoms with Gasteiger partial charge in [-0.25, -0.2) is 0 Å². The molecule has 1 fully saturated rings. The standard InChI is InChI=1S/C22H32F2O2/c1-2-4-17-7-9-18(10-8-17)11-12-19-13-15-20(16-14-19)26-22(25)6-3-5-21(23)24/h5,7,11-12,18-20H,2-4,6,8-10,13-16H2,1H3. The molecule has 1 unspecified atom stereocenters. The molecule has 0 N–H and O–H groups in total. The molecule has 0 amide bonds. The minimum atomic E-state index is -1.74. The third-order valence-corrected chi connectivity index (χ3v) is 5.44. The van der Waals surface area contributed by atoms with Crippen LogP contribution in [0.15, 0.2) is 36.0 Å². The van der Waals surface area contributed by atoms with Crippen LogP contribution in [0.5, 0.6) is 0 Å². The van der Waals surface area contributed by atoms with Crippen LogP contribution in [-0.2, 0) is 9.53 Å². The van der Waals surface area contributed by atoms with Gasteiger partial charge in [-0.1, -0.05) is 37.1 Å². The molecule has 2 aliphatic carbocycles. The molecule has 0 saturated heterocycles. The highest BCUT2D eigenvalue weighted by Gasteiger charge is 2.22. The minimum Gasteiger partial charge on any atom is -0.462 e. The number of rotatable bonds is 8. The van der Waals surface area contributed by atoms with Crippen molar-refractivity contribution in [2.24, 2.45) is 11.8 Å². The van der Waals surface area contributed by atoms with E-state index in [0.29, 0.717) is 11.8 Å². The van der Waals surface area contributed by atoms with Crippen LogP contribution in [0.4, 0.5) is 8.78 Å². The zero-order valence-electron chi connectivity index (χ0n) is 15.9. The minimum absolute atomic E-state index is 0.0341. The van der Waals surface area contributed by atoms with E-state index in [9.17, 15) is 13.6 Å². The molecule has 1 saturated carbocycles. The zero-order valence-corrected chi connectivity index (χ0v) is 15.9. The fourth-order valence-corrected chi connectivity index (χ4v) is 3.89. The Bertz CT molecular complexity index is 524. The molecule has 0 heterocycles. The van der Waals surface area contributed by atoms with Crippen molar-refractivity contribution in [1.29, 1.82) is 0 Å². The molecule has 0 aromatic rings. The number of halogens is 2. The summed E-state index contributed by atoms with van der Waals surface area (Å²) in [6.45, 7) is 2.24. The van der Waals surface area contributed by atoms with Crippen molar-refractivity contribution in [1.82, 2.24) is 0 Å². The summed E-state index contributed by atoms with van der Waals surface area (Å²) in [5, 5.41) is 0. The Kier molecular flexibility index (Phi) is 9.07. The maximum absolute atomic E-state index is 11.9. The van der Waals surface area contributed by atoms with Gasteiger partial charge >= 0.3 is 5.97 Å². The molecule has 2 aliphatic rings. The van der Waals surface area contributed by atoms with Crippen LogP contribution in [0.25, 0.3) is 0 Å². The average Bonchev–Trinajstić information content (AvgIpc) is 2.62. The highest BCUT2D eigenvalue weighted by molar-refractivity contribution is 5.69. The first-order valence-corrected chi connectivity index (χ1v) is 10.1. The van der Waals surface area contributed by atoms with Crippen LogP contribution in [0, 0.1) is 11.8 Å². The fourth-order valence-electron chi connectivity index (χ4n) is 3.89. The second-order valence-electron chi connectivity index (χ2n) is 7.59. The lowest BCUT2D eigenvalue weighted by molar-refractivity contribution is -0.150. The summed E-state index contributed by atoms with van der Waals surface area (Å²) in [5.74, 6) is 0.892. The summed E-state index contributed by atoms with van der Waals surface area (Å²) >= 11 is 0. The lowest BCUT2D eigenvalue weighted by Gasteiger charge is -2.27. The second kappa shape index (κ2) is 11.3. The number of hydrogen-bond acceptors (Lipinski definition) is 2. The highest BCUT2D eigenvalue weighted by Crippen LogP contribution is 2.31. The quantitative estimate of drug-likeness (QED) is 0.351. The molecule has 0 bridgehead atoms. The topological polar surface area (TPSA) is 26.3 Å². The van der Waals surface area contributed by atoms with Crippen molar-refractivity contribution >= 4 is 5.97 Å². The molecule has 146 valence electrons. The van der Waals surface area contributed by atoms with Gasteiger partial charge in [0.2, 0.25) is 0 Å². The van der Waals surface area contributed by atoms with Crippen LogP contribution in [0.1, 0.15) is 77.6 Å². The number of carbonyl (C=O) groups is 1. The molecule has 0 radical (unpaired) electrons. The van der Waals surface area contributed by atoms with Crippen molar-refractivity contribution in [3.8, 4) is 0 Å². The fraction of sp³-hybridized carbons (Fsp3) is 0.682. The molecule has 2 nitrogen and oxygen atoms in total. The maximum atomic E-state index is 11.9. The first-order valence-electron chi connectivity index (χ1n) is 10.1. The number of carbonyl (C=O) groups excluding carboxylic acids is 1. The van der Waals surface area contributed by atoms with E-state index in [1.807, 2.05) is 0 Å². The van der Waals surface area contributed by atoms with Crippen LogP contribution >= 0.6 is 0 Å². The van der Waals surface area contributed by atoms with E-state index in [4.69, 9.17) is 4.74 Å². The van der Waals surface area contributed by atoms with Gasteiger partial charge < -0.3 is 4.74 Å². The molecule has 0 spiro atoms. The van der Waals surface area contributed by atoms with E-state index >= 15 is 0 Å². The molecule has 1 atom stereocenters. The van der Waals surface area contributed by atoms with Crippen LogP contribution in [0.2, 0.25) is 0 Å². The molecule has 2 rings (SSSR count). The highest BCUT2D eigenvalue weighted by atomic mass is 19.3. The molecular formula is C22H32F2O2. The van der Waals surface area contributed by atoms with Gasteiger partial charge in [0.1, 0.15) is 6.10 Å². The van der Waals surface area contributed by atoms with Gasteiger partial charge in [0.25, 0.3) is 6.08 Å². The smallest absolute Gasteiger partial charge is 0.306 e. The summed E-state index contributed by atoms with van der Waals surface area (Å²) in [7, 11) is 0. The summed E-state index contributed by atoms with van der Waals surface area (Å²) in [6.07, 6.45) is 16.3. The Hall–Kier alpha value is -1.45. The van der Waals surface area contributed by atoms with Gasteiger partial charge in [-0.2, -0.15) is 8.78 Å². The van der Waals surface area contributed by atoms with Crippen LogP contribution in [-0.4, -0.2) is 12.1 Å². The Labute approximate surface area is 156 Å². The summed E-state index contributed by atoms with van der Waals surface area (Å²) in [4.78, 5) is 11.7. The lowest BCUT2D eigenvalue weighted by atomic mass is 9.84. The molecular weight excluding hydrogens is 334 g/mol. The molecule has 0 aliphatic heterocycles. The SMILES string of the molecule is CCCC1=CCC(C=CC2CCC(OC(=O)CCC=C(F)F)CC2)CC1. The predicted molar refractivity (Wildman–Crippen MR) is 101 cm³/mol. The Morgan fingerprint density at radius 1 is 1.15 bits per heavy atom. The number of esters is 1. The van der Waals surface area contributed by atoms with E-state index < -0.39 is 6.08 Å². The number of ether oxygens (including phenoxy) is 1. The van der Waals surface area contributed by atoms with Gasteiger partial charge in [0.05, 0.1) is 0 Å². The second-order valence-corrected chi connectivity index (χ2v) is 7.59. The normalized spacial score (nSPS) is 26.4. The third kappa shape index (κ3) is 7.84. The average molecular weight is 366 g/mol. The largest absolute Gasteiger partial charge is 0.462 e. The third-order valence-electron chi connectivity index (χ3n) is 5.44. The Morgan fingerprint density at radius 2 is 1.88 bits per heavy atom. The van der Waals surface area contributed by atoms with Gasteiger partial charge in [-0.05, 0) is 75.7 Å². The van der Waals surface area contributed by atoms with Gasteiger partial charge in [-0.3, -0.25) is 4.79 Å². The van der Waals surface area contributed by atoms with E-state index in [0.717, 1.165) is 31.8 Å². The summed E-state index contributed by atoms with van der Waals surface area (Å²) in [6, 6.07) is 0. The van der Waals surface area contributed by atoms with E-state index in [1.165, 1.54) is 32.1 Å². The van der Waals surface area contributed by atoms with Crippen molar-refractivity contribution in [2.75, 3.05) is 0 Å². The summed E-state index contributed by atoms with van der Waals surface area (Å²) < 4.78 is 29.3. The molecule has 26 heavy (non-hydrogen) atoms. The lowest BCUT2D eigenvalue weighted by Crippen LogP contribution is -2.23. The van der Waals surface area contributed by atoms with Gasteiger partial charge in [0, 0.05) is 6.42 Å². The van der Waals surface area contributed by atoms with Gasteiger partial charge in [-0.15, -0.1) is 0 Å². The van der Waals surface area contributed by atoms with E-state index in [1.54, 1.807) is 5.57 Å². The van der Waals surface area contributed by atoms with Gasteiger partial charge in [0.15, 0.2) is 0 Å². The van der Waals surface area contributed by atoms with Crippen LogP contribution in [0.3, 0.4) is 0 Å². The van der Waals surface area contributed by atoms with Crippen molar-refractivity contribution in [3.05, 3.63) is 36.0 Å². The first kappa shape index (κ1) is 20.9. The van der Waals surface area contributed by atoms with Crippen molar-refractivity contribution in [2.45, 2.75) is 83.7 Å². The number of hydrogen-bond donors (Lipinski definition) is 0. The predicted octanol–water partition coefficient (Wildman–Crippen LogP) is 6.73. The Balaban J connectivity index is 1.64. The van der Waals surface area contributed by atoms with Crippen molar-refractivity contribution < 1.29 is 18.3 Å².